The Morgan fingerprint density at radius 3 is 2.85 bits per heavy atom. The molecule has 27 heavy (non-hydrogen) atoms. The maximum absolute atomic E-state index is 12.0. The van der Waals surface area contributed by atoms with Gasteiger partial charge < -0.3 is 9.84 Å². The van der Waals surface area contributed by atoms with Crippen LogP contribution >= 0.6 is 34.7 Å². The Morgan fingerprint density at radius 2 is 2.11 bits per heavy atom. The maximum atomic E-state index is 12.0. The number of rotatable bonds is 7. The number of anilines is 1. The zero-order chi connectivity index (χ0) is 19.2. The van der Waals surface area contributed by atoms with Crippen LogP contribution < -0.4 is 10.6 Å². The number of carbonyl (C=O) groups is 2. The lowest BCUT2D eigenvalue weighted by atomic mass is 10.2. The van der Waals surface area contributed by atoms with E-state index in [1.807, 2.05) is 18.2 Å². The molecule has 0 saturated heterocycles. The zero-order valence-electron chi connectivity index (χ0n) is 14.1. The predicted molar refractivity (Wildman–Crippen MR) is 103 cm³/mol. The van der Waals surface area contributed by atoms with Crippen LogP contribution in [0.4, 0.5) is 5.13 Å². The van der Waals surface area contributed by atoms with Crippen LogP contribution in [-0.4, -0.2) is 32.9 Å². The minimum atomic E-state index is -0.433. The van der Waals surface area contributed by atoms with Crippen molar-refractivity contribution in [3.63, 3.8) is 0 Å². The fourth-order valence-corrected chi connectivity index (χ4v) is 3.75. The number of nitrogens with zero attached hydrogens (tertiary/aromatic N) is 3. The Labute approximate surface area is 167 Å². The summed E-state index contributed by atoms with van der Waals surface area (Å²) in [5.41, 5.74) is 1.01. The molecule has 2 amide bonds. The highest BCUT2D eigenvalue weighted by molar-refractivity contribution is 8.01. The second-order valence-corrected chi connectivity index (χ2v) is 7.91. The van der Waals surface area contributed by atoms with E-state index in [0.717, 1.165) is 5.56 Å². The van der Waals surface area contributed by atoms with Crippen molar-refractivity contribution in [2.45, 2.75) is 17.8 Å². The molecule has 3 aromatic rings. The van der Waals surface area contributed by atoms with Crippen molar-refractivity contribution in [1.82, 2.24) is 20.7 Å². The summed E-state index contributed by atoms with van der Waals surface area (Å²) in [4.78, 5) is 23.9. The number of halogens is 1. The number of aryl methyl sites for hydroxylation is 1. The summed E-state index contributed by atoms with van der Waals surface area (Å²) in [5.74, 6) is 0.127. The maximum Gasteiger partial charge on any atom is 0.279 e. The van der Waals surface area contributed by atoms with Gasteiger partial charge in [0.2, 0.25) is 11.0 Å². The Bertz CT molecular complexity index is 959. The summed E-state index contributed by atoms with van der Waals surface area (Å²) in [7, 11) is 0. The van der Waals surface area contributed by atoms with Crippen LogP contribution in [0.5, 0.6) is 0 Å². The zero-order valence-corrected chi connectivity index (χ0v) is 16.5. The molecule has 1 aromatic carbocycles. The van der Waals surface area contributed by atoms with E-state index in [0.29, 0.717) is 26.8 Å². The highest BCUT2D eigenvalue weighted by Gasteiger charge is 2.14. The molecule has 11 heteroatoms. The van der Waals surface area contributed by atoms with Crippen molar-refractivity contribution >= 4 is 51.6 Å². The summed E-state index contributed by atoms with van der Waals surface area (Å²) >= 11 is 8.45. The molecule has 0 saturated carbocycles. The molecule has 0 fully saturated rings. The summed E-state index contributed by atoms with van der Waals surface area (Å²) in [6, 6.07) is 8.84. The molecule has 0 aliphatic carbocycles. The molecule has 0 spiro atoms. The van der Waals surface area contributed by atoms with Gasteiger partial charge in [-0.3, -0.25) is 14.9 Å². The van der Waals surface area contributed by atoms with Gasteiger partial charge in [0.1, 0.15) is 5.76 Å². The van der Waals surface area contributed by atoms with E-state index in [1.54, 1.807) is 13.0 Å². The average Bonchev–Trinajstić information content (AvgIpc) is 3.28. The van der Waals surface area contributed by atoms with Gasteiger partial charge in [0.05, 0.1) is 5.75 Å². The fraction of sp³-hybridized carbons (Fsp3) is 0.188. The lowest BCUT2D eigenvalue weighted by Gasteiger charge is -2.05. The van der Waals surface area contributed by atoms with Crippen LogP contribution in [0.15, 0.2) is 39.2 Å². The second-order valence-electron chi connectivity index (χ2n) is 5.31. The van der Waals surface area contributed by atoms with Crippen LogP contribution in [0.1, 0.15) is 21.8 Å². The number of nitrogens with one attached hydrogen (secondary N) is 2. The Morgan fingerprint density at radius 1 is 1.30 bits per heavy atom. The number of carbonyl (C=O) groups excluding carboxylic acids is 2. The number of aromatic nitrogens is 3. The number of hydrogen-bond acceptors (Lipinski definition) is 8. The van der Waals surface area contributed by atoms with Gasteiger partial charge in [-0.15, -0.1) is 10.2 Å². The van der Waals surface area contributed by atoms with Gasteiger partial charge in [-0.1, -0.05) is 58.1 Å². The SMILES string of the molecule is Cc1cc(C(=O)Nc2nnc(SCC(=O)NCc3ccccc3Cl)s2)no1. The molecular formula is C16H14ClN5O3S2. The number of amides is 2. The first kappa shape index (κ1) is 19.3. The van der Waals surface area contributed by atoms with Crippen LogP contribution in [0.25, 0.3) is 0 Å². The number of thioether (sulfide) groups is 1. The van der Waals surface area contributed by atoms with E-state index >= 15 is 0 Å². The summed E-state index contributed by atoms with van der Waals surface area (Å²) < 4.78 is 5.42. The average molecular weight is 424 g/mol. The fourth-order valence-electron chi connectivity index (χ4n) is 1.97. The molecule has 0 radical (unpaired) electrons. The molecule has 140 valence electrons. The van der Waals surface area contributed by atoms with Crippen LogP contribution in [0.3, 0.4) is 0 Å². The van der Waals surface area contributed by atoms with E-state index in [9.17, 15) is 9.59 Å². The molecule has 0 unspecified atom stereocenters. The summed E-state index contributed by atoms with van der Waals surface area (Å²) in [6.07, 6.45) is 0. The van der Waals surface area contributed by atoms with Gasteiger partial charge in [-0.2, -0.15) is 0 Å². The minimum Gasteiger partial charge on any atom is -0.361 e. The lowest BCUT2D eigenvalue weighted by Crippen LogP contribution is -2.24. The molecule has 8 nitrogen and oxygen atoms in total. The third-order valence-corrected chi connectivity index (χ3v) is 5.59. The molecule has 2 aromatic heterocycles. The first-order valence-corrected chi connectivity index (χ1v) is 9.90. The van der Waals surface area contributed by atoms with Gasteiger partial charge >= 0.3 is 0 Å². The molecular weight excluding hydrogens is 410 g/mol. The topological polar surface area (TPSA) is 110 Å². The Balaban J connectivity index is 1.45. The van der Waals surface area contributed by atoms with Crippen molar-refractivity contribution < 1.29 is 14.1 Å². The quantitative estimate of drug-likeness (QED) is 0.443. The van der Waals surface area contributed by atoms with Gasteiger partial charge in [0, 0.05) is 17.6 Å². The third kappa shape index (κ3) is 5.52. The first-order valence-electron chi connectivity index (χ1n) is 7.72. The smallest absolute Gasteiger partial charge is 0.279 e. The summed E-state index contributed by atoms with van der Waals surface area (Å²) in [6.45, 7) is 2.05. The van der Waals surface area contributed by atoms with E-state index < -0.39 is 5.91 Å². The minimum absolute atomic E-state index is 0.154. The molecule has 3 rings (SSSR count). The van der Waals surface area contributed by atoms with Crippen LogP contribution in [0, 0.1) is 6.92 Å². The Kier molecular flexibility index (Phi) is 6.43. The van der Waals surface area contributed by atoms with Gasteiger partial charge in [-0.25, -0.2) is 0 Å². The first-order chi connectivity index (χ1) is 13.0. The van der Waals surface area contributed by atoms with Gasteiger partial charge in [-0.05, 0) is 18.6 Å². The van der Waals surface area contributed by atoms with Crippen LogP contribution in [0.2, 0.25) is 5.02 Å². The monoisotopic (exact) mass is 423 g/mol. The standard InChI is InChI=1S/C16H14ClN5O3S2/c1-9-6-12(22-25-9)14(24)19-15-20-21-16(27-15)26-8-13(23)18-7-10-4-2-3-5-11(10)17/h2-6H,7-8H2,1H3,(H,18,23)(H,19,20,24). The number of benzene rings is 1. The molecule has 2 N–H and O–H groups in total. The van der Waals surface area contributed by atoms with Crippen molar-refractivity contribution in [2.24, 2.45) is 0 Å². The second kappa shape index (κ2) is 8.98. The van der Waals surface area contributed by atoms with Crippen molar-refractivity contribution in [3.05, 3.63) is 52.4 Å². The van der Waals surface area contributed by atoms with E-state index in [1.165, 1.54) is 29.2 Å². The number of hydrogen-bond donors (Lipinski definition) is 2. The highest BCUT2D eigenvalue weighted by Crippen LogP contribution is 2.25. The molecule has 0 aliphatic heterocycles. The highest BCUT2D eigenvalue weighted by atomic mass is 35.5. The molecule has 0 atom stereocenters. The molecule has 0 bridgehead atoms. The van der Waals surface area contributed by atoms with Gasteiger partial charge in [0.15, 0.2) is 10.0 Å². The summed E-state index contributed by atoms with van der Waals surface area (Å²) in [5, 5.41) is 17.8. The lowest BCUT2D eigenvalue weighted by molar-refractivity contribution is -0.118. The largest absolute Gasteiger partial charge is 0.361 e. The van der Waals surface area contributed by atoms with Crippen LogP contribution in [-0.2, 0) is 11.3 Å². The normalized spacial score (nSPS) is 10.6. The predicted octanol–water partition coefficient (Wildman–Crippen LogP) is 3.15. The van der Waals surface area contributed by atoms with Crippen molar-refractivity contribution in [2.75, 3.05) is 11.1 Å². The van der Waals surface area contributed by atoms with E-state index in [-0.39, 0.29) is 17.4 Å². The van der Waals surface area contributed by atoms with E-state index in [2.05, 4.69) is 26.0 Å². The van der Waals surface area contributed by atoms with Gasteiger partial charge in [0.25, 0.3) is 5.91 Å². The Hall–Kier alpha value is -2.43. The molecule has 0 aliphatic rings. The van der Waals surface area contributed by atoms with Crippen molar-refractivity contribution in [1.29, 1.82) is 0 Å². The third-order valence-electron chi connectivity index (χ3n) is 3.25. The van der Waals surface area contributed by atoms with Crippen molar-refractivity contribution in [3.8, 4) is 0 Å². The molecule has 2 heterocycles. The van der Waals surface area contributed by atoms with E-state index in [4.69, 9.17) is 16.1 Å².